The minimum Gasteiger partial charge on any atom is -0.247 e. The van der Waals surface area contributed by atoms with Crippen LogP contribution in [-0.2, 0) is 10.8 Å². The van der Waals surface area contributed by atoms with Crippen LogP contribution in [0.1, 0.15) is 44.5 Å². The standard InChI is InChI=1S/C114H66N6S2/c1-3-24-69(25-4-1)101-64-86(81-60-58-74-59-61-97(115-110(74)111(81)118-101)70-50-56-73(57-51-70)109-87-65-104-95(62-84(87)78-30-10-18-41-98(78)117-109)113(92-38-16-21-44-102(92)121-104)89-35-13-7-28-76(89)77-29-8-14-36-90(77)113)80-34-23-40-94-106(80)82-32-9-15-37-91(82)114(94)93-39-17-22-45-103(93)122-105-66-88-85(63-96(105)114)79-31-11-19-42-99(79)116-108(88)72-54-48-68(49-55-72)67-46-52-71(53-47-67)107-83-33-12-20-43-100(83)119-112(120-107)75-26-5-2-6-27-75/h1-66H. The highest BCUT2D eigenvalue weighted by molar-refractivity contribution is 7.99. The molecule has 2 aliphatic carbocycles. The van der Waals surface area contributed by atoms with Crippen molar-refractivity contribution in [3.63, 3.8) is 0 Å². The lowest BCUT2D eigenvalue weighted by atomic mass is 9.67. The van der Waals surface area contributed by atoms with Gasteiger partial charge < -0.3 is 0 Å². The Labute approximate surface area is 711 Å². The van der Waals surface area contributed by atoms with E-state index in [0.717, 1.165) is 155 Å². The summed E-state index contributed by atoms with van der Waals surface area (Å²) in [6.07, 6.45) is 0. The van der Waals surface area contributed by atoms with Crippen molar-refractivity contribution in [1.29, 1.82) is 0 Å². The summed E-state index contributed by atoms with van der Waals surface area (Å²) in [5.74, 6) is 0.712. The Morgan fingerprint density at radius 3 is 1.17 bits per heavy atom. The summed E-state index contributed by atoms with van der Waals surface area (Å²) in [5.41, 5.74) is 33.8. The first-order valence-corrected chi connectivity index (χ1v) is 43.2. The van der Waals surface area contributed by atoms with E-state index in [2.05, 4.69) is 376 Å². The van der Waals surface area contributed by atoms with Gasteiger partial charge in [-0.15, -0.1) is 0 Å². The molecule has 0 fully saturated rings. The van der Waals surface area contributed by atoms with Gasteiger partial charge in [-0.2, -0.15) is 0 Å². The summed E-state index contributed by atoms with van der Waals surface area (Å²) in [5, 5.41) is 9.91. The van der Waals surface area contributed by atoms with Crippen molar-refractivity contribution >= 4 is 99.6 Å². The molecule has 0 saturated heterocycles. The topological polar surface area (TPSA) is 77.3 Å². The molecule has 7 heterocycles. The second kappa shape index (κ2) is 26.7. The number of aromatic nitrogens is 6. The molecule has 6 nitrogen and oxygen atoms in total. The van der Waals surface area contributed by atoms with E-state index < -0.39 is 10.8 Å². The summed E-state index contributed by atoms with van der Waals surface area (Å²) in [6.45, 7) is 0. The number of nitrogens with zero attached hydrogens (tertiary/aromatic N) is 6. The first kappa shape index (κ1) is 68.9. The lowest BCUT2D eigenvalue weighted by Gasteiger charge is -2.40. The van der Waals surface area contributed by atoms with Crippen LogP contribution in [0.5, 0.6) is 0 Å². The first-order valence-electron chi connectivity index (χ1n) is 41.6. The maximum absolute atomic E-state index is 5.72. The molecule has 1 atom stereocenters. The van der Waals surface area contributed by atoms with Crippen LogP contribution >= 0.6 is 23.5 Å². The Kier molecular flexibility index (Phi) is 15.1. The molecular formula is C114H66N6S2. The predicted molar refractivity (Wildman–Crippen MR) is 502 cm³/mol. The Morgan fingerprint density at radius 2 is 0.598 bits per heavy atom. The van der Waals surface area contributed by atoms with Gasteiger partial charge in [-0.1, -0.05) is 357 Å². The summed E-state index contributed by atoms with van der Waals surface area (Å²) in [4.78, 5) is 37.7. The van der Waals surface area contributed by atoms with Crippen molar-refractivity contribution in [1.82, 2.24) is 29.9 Å². The summed E-state index contributed by atoms with van der Waals surface area (Å²) < 4.78 is 0. The van der Waals surface area contributed by atoms with E-state index in [1.807, 2.05) is 47.8 Å². The zero-order valence-electron chi connectivity index (χ0n) is 65.6. The van der Waals surface area contributed by atoms with Crippen molar-refractivity contribution in [3.05, 3.63) is 445 Å². The van der Waals surface area contributed by atoms with Gasteiger partial charge in [0.1, 0.15) is 0 Å². The fraction of sp³-hybridized carbons (Fsp3) is 0.0175. The molecule has 2 spiro atoms. The average Bonchev–Trinajstić information content (AvgIpc) is 1.50. The van der Waals surface area contributed by atoms with Gasteiger partial charge in [0.25, 0.3) is 0 Å². The van der Waals surface area contributed by atoms with Crippen LogP contribution in [-0.4, -0.2) is 29.9 Å². The molecule has 22 aromatic rings. The van der Waals surface area contributed by atoms with E-state index in [1.165, 1.54) is 91.7 Å². The minimum atomic E-state index is -0.716. The predicted octanol–water partition coefficient (Wildman–Crippen LogP) is 29.1. The highest BCUT2D eigenvalue weighted by atomic mass is 32.2. The molecule has 0 radical (unpaired) electrons. The molecule has 564 valence electrons. The van der Waals surface area contributed by atoms with Gasteiger partial charge in [-0.25, -0.2) is 29.9 Å². The summed E-state index contributed by atoms with van der Waals surface area (Å²) in [7, 11) is 0. The highest BCUT2D eigenvalue weighted by Crippen LogP contribution is 2.66. The smallest absolute Gasteiger partial charge is 0.160 e. The van der Waals surface area contributed by atoms with Gasteiger partial charge in [-0.05, 0) is 167 Å². The van der Waals surface area contributed by atoms with Crippen LogP contribution in [0, 0.1) is 0 Å². The Bertz CT molecular complexity index is 8210. The van der Waals surface area contributed by atoms with Crippen LogP contribution < -0.4 is 0 Å². The van der Waals surface area contributed by atoms with E-state index in [0.29, 0.717) is 5.82 Å². The Hall–Kier alpha value is -15.1. The molecule has 1 unspecified atom stereocenters. The van der Waals surface area contributed by atoms with Gasteiger partial charge in [-0.3, -0.25) is 0 Å². The Balaban J connectivity index is 0.594. The fourth-order valence-electron chi connectivity index (χ4n) is 20.8. The second-order valence-electron chi connectivity index (χ2n) is 32.5. The van der Waals surface area contributed by atoms with E-state index >= 15 is 0 Å². The zero-order chi connectivity index (χ0) is 79.9. The quantitative estimate of drug-likeness (QED) is 0.139. The van der Waals surface area contributed by atoms with Crippen LogP contribution in [0.4, 0.5) is 0 Å². The highest BCUT2D eigenvalue weighted by Gasteiger charge is 2.53. The monoisotopic (exact) mass is 1580 g/mol. The number of hydrogen-bond donors (Lipinski definition) is 0. The van der Waals surface area contributed by atoms with Gasteiger partial charge in [0.2, 0.25) is 0 Å². The van der Waals surface area contributed by atoms with E-state index in [4.69, 9.17) is 29.9 Å². The molecule has 4 aliphatic rings. The number of pyridine rings is 4. The Morgan fingerprint density at radius 1 is 0.189 bits per heavy atom. The first-order chi connectivity index (χ1) is 60.4. The van der Waals surface area contributed by atoms with Crippen molar-refractivity contribution in [2.24, 2.45) is 0 Å². The summed E-state index contributed by atoms with van der Waals surface area (Å²) >= 11 is 3.74. The number of hydrogen-bond acceptors (Lipinski definition) is 8. The van der Waals surface area contributed by atoms with E-state index in [1.54, 1.807) is 0 Å². The molecular weight excluding hydrogens is 1520 g/mol. The van der Waals surface area contributed by atoms with Gasteiger partial charge >= 0.3 is 0 Å². The molecule has 2 aliphatic heterocycles. The summed E-state index contributed by atoms with van der Waals surface area (Å²) in [6, 6.07) is 147. The maximum atomic E-state index is 5.72. The molecule has 0 saturated carbocycles. The number of benzene rings is 17. The molecule has 122 heavy (non-hydrogen) atoms. The maximum Gasteiger partial charge on any atom is 0.160 e. The second-order valence-corrected chi connectivity index (χ2v) is 34.6. The number of para-hydroxylation sites is 3. The minimum absolute atomic E-state index is 0.503. The third-order valence-corrected chi connectivity index (χ3v) is 28.5. The van der Waals surface area contributed by atoms with Crippen LogP contribution in [0.25, 0.3) is 188 Å². The molecule has 8 heteroatoms. The van der Waals surface area contributed by atoms with Gasteiger partial charge in [0.05, 0.1) is 66.9 Å². The molecule has 17 aromatic carbocycles. The average molecular weight is 1580 g/mol. The van der Waals surface area contributed by atoms with Crippen molar-refractivity contribution in [3.8, 4) is 112 Å². The fourth-order valence-corrected chi connectivity index (χ4v) is 23.2. The van der Waals surface area contributed by atoms with E-state index in [9.17, 15) is 0 Å². The van der Waals surface area contributed by atoms with Crippen LogP contribution in [0.15, 0.2) is 420 Å². The largest absolute Gasteiger partial charge is 0.247 e. The van der Waals surface area contributed by atoms with Crippen molar-refractivity contribution in [2.45, 2.75) is 30.4 Å². The van der Waals surface area contributed by atoms with Crippen LogP contribution in [0.2, 0.25) is 0 Å². The number of fused-ring (bicyclic) bond motifs is 28. The van der Waals surface area contributed by atoms with Crippen LogP contribution in [0.3, 0.4) is 0 Å². The van der Waals surface area contributed by atoms with Gasteiger partial charge in [0.15, 0.2) is 5.82 Å². The lowest BCUT2D eigenvalue weighted by Crippen LogP contribution is -2.32. The molecule has 26 rings (SSSR count). The molecule has 0 bridgehead atoms. The molecule has 0 amide bonds. The lowest BCUT2D eigenvalue weighted by molar-refractivity contribution is 0.724. The molecule has 0 N–H and O–H groups in total. The third-order valence-electron chi connectivity index (χ3n) is 26.2. The SMILES string of the molecule is c1ccc(-c2cc(-c3cccc4c3-c3ccccc3C43c4ccccc4Sc4cc5c(-c6ccc(-c7ccc(-c8nc(-c9ccccc9)nc9ccccc89)cc7)cc6)nc6ccccc6c5cc43)c3ccc4ccc(-c5ccc(-c6nc7ccccc7c7cc8c(cc67)Sc6ccccc6C86c7ccccc7-c7ccccc76)cc5)nc4c3n2)cc1. The number of rotatable bonds is 8. The van der Waals surface area contributed by atoms with Crippen molar-refractivity contribution < 1.29 is 0 Å². The third kappa shape index (κ3) is 10.1. The molecule has 5 aromatic heterocycles. The normalized spacial score (nSPS) is 14.3. The van der Waals surface area contributed by atoms with Crippen molar-refractivity contribution in [2.75, 3.05) is 0 Å². The van der Waals surface area contributed by atoms with E-state index in [-0.39, 0.29) is 0 Å². The zero-order valence-corrected chi connectivity index (χ0v) is 67.2. The van der Waals surface area contributed by atoms with Gasteiger partial charge in [0, 0.05) is 90.7 Å².